The van der Waals surface area contributed by atoms with E-state index in [0.29, 0.717) is 12.6 Å². The van der Waals surface area contributed by atoms with Crippen LogP contribution < -0.4 is 5.32 Å². The lowest BCUT2D eigenvalue weighted by atomic mass is 9.67. The summed E-state index contributed by atoms with van der Waals surface area (Å²) in [7, 11) is 1.81. The summed E-state index contributed by atoms with van der Waals surface area (Å²) < 4.78 is 23.9. The fourth-order valence-electron chi connectivity index (χ4n) is 5.51. The second-order valence-electron chi connectivity index (χ2n) is 9.46. The number of methoxy groups -OCH3 is 1. The molecule has 7 heteroatoms. The molecule has 0 aromatic carbocycles. The van der Waals surface area contributed by atoms with Crippen LogP contribution in [0.1, 0.15) is 47.0 Å². The average molecular weight is 409 g/mol. The molecule has 1 N–H and O–H groups in total. The molecule has 1 amide bonds. The van der Waals surface area contributed by atoms with Gasteiger partial charge in [0.05, 0.1) is 24.4 Å². The third kappa shape index (κ3) is 3.94. The zero-order chi connectivity index (χ0) is 20.8. The molecular formula is C22H36N2O5. The number of hydrogen-bond donors (Lipinski definition) is 1. The summed E-state index contributed by atoms with van der Waals surface area (Å²) in [6.45, 7) is 11.3. The lowest BCUT2D eigenvalue weighted by Gasteiger charge is -2.51. The first kappa shape index (κ1) is 21.1. The number of nitrogens with one attached hydrogen (secondary N) is 1. The number of hydrogen-bond acceptors (Lipinski definition) is 6. The highest BCUT2D eigenvalue weighted by molar-refractivity contribution is 5.67. The van der Waals surface area contributed by atoms with Crippen LogP contribution in [0.4, 0.5) is 4.79 Å². The van der Waals surface area contributed by atoms with Crippen LogP contribution in [-0.4, -0.2) is 79.9 Å². The molecule has 0 radical (unpaired) electrons. The molecule has 0 bridgehead atoms. The molecule has 164 valence electrons. The maximum atomic E-state index is 11.7. The predicted molar refractivity (Wildman–Crippen MR) is 109 cm³/mol. The Morgan fingerprint density at radius 2 is 2.07 bits per heavy atom. The molecule has 7 nitrogen and oxygen atoms in total. The van der Waals surface area contributed by atoms with Gasteiger partial charge < -0.3 is 24.3 Å². The monoisotopic (exact) mass is 408 g/mol. The quantitative estimate of drug-likeness (QED) is 0.515. The number of likely N-dealkylation sites (tertiary alicyclic amines) is 1. The molecule has 0 aromatic rings. The van der Waals surface area contributed by atoms with Crippen LogP contribution in [-0.2, 0) is 18.9 Å². The minimum Gasteiger partial charge on any atom is -0.444 e. The number of carbonyl (C=O) groups excluding carboxylic acids is 1. The van der Waals surface area contributed by atoms with Gasteiger partial charge in [0.15, 0.2) is 0 Å². The fourth-order valence-corrected chi connectivity index (χ4v) is 5.51. The van der Waals surface area contributed by atoms with Crippen LogP contribution in [0.2, 0.25) is 0 Å². The van der Waals surface area contributed by atoms with Crippen molar-refractivity contribution in [1.82, 2.24) is 10.2 Å². The van der Waals surface area contributed by atoms with Crippen LogP contribution in [0.15, 0.2) is 11.6 Å². The van der Waals surface area contributed by atoms with E-state index in [-0.39, 0.29) is 41.5 Å². The van der Waals surface area contributed by atoms with Gasteiger partial charge in [0.25, 0.3) is 0 Å². The lowest BCUT2D eigenvalue weighted by Crippen LogP contribution is -2.66. The summed E-state index contributed by atoms with van der Waals surface area (Å²) in [5, 5.41) is 2.70. The van der Waals surface area contributed by atoms with Gasteiger partial charge in [0, 0.05) is 38.7 Å². The van der Waals surface area contributed by atoms with Gasteiger partial charge >= 0.3 is 6.09 Å². The van der Waals surface area contributed by atoms with Crippen molar-refractivity contribution in [2.75, 3.05) is 33.4 Å². The van der Waals surface area contributed by atoms with Gasteiger partial charge in [-0.3, -0.25) is 4.90 Å². The Hall–Kier alpha value is -1.15. The van der Waals surface area contributed by atoms with Crippen molar-refractivity contribution >= 4 is 6.09 Å². The van der Waals surface area contributed by atoms with E-state index in [2.05, 4.69) is 37.1 Å². The van der Waals surface area contributed by atoms with E-state index >= 15 is 0 Å². The van der Waals surface area contributed by atoms with Crippen LogP contribution in [0, 0.1) is 5.92 Å². The van der Waals surface area contributed by atoms with Crippen molar-refractivity contribution in [3.63, 3.8) is 0 Å². The minimum atomic E-state index is -0.326. The smallest absolute Gasteiger partial charge is 0.407 e. The summed E-state index contributed by atoms with van der Waals surface area (Å²) in [6, 6.07) is 0.305. The van der Waals surface area contributed by atoms with E-state index < -0.39 is 0 Å². The molecule has 1 saturated carbocycles. The van der Waals surface area contributed by atoms with E-state index in [0.717, 1.165) is 39.0 Å². The first-order chi connectivity index (χ1) is 13.8. The zero-order valence-electron chi connectivity index (χ0n) is 18.4. The lowest BCUT2D eigenvalue weighted by molar-refractivity contribution is -0.131. The Morgan fingerprint density at radius 1 is 1.34 bits per heavy atom. The molecule has 6 atom stereocenters. The van der Waals surface area contributed by atoms with Crippen LogP contribution in [0.3, 0.4) is 0 Å². The molecular weight excluding hydrogens is 372 g/mol. The second kappa shape index (κ2) is 7.84. The van der Waals surface area contributed by atoms with E-state index in [9.17, 15) is 4.79 Å². The Morgan fingerprint density at radius 3 is 2.66 bits per heavy atom. The van der Waals surface area contributed by atoms with Crippen LogP contribution in [0.5, 0.6) is 0 Å². The highest BCUT2D eigenvalue weighted by Gasteiger charge is 2.72. The van der Waals surface area contributed by atoms with Crippen molar-refractivity contribution < 1.29 is 23.7 Å². The van der Waals surface area contributed by atoms with Gasteiger partial charge in [-0.25, -0.2) is 4.79 Å². The maximum Gasteiger partial charge on any atom is 0.407 e. The molecule has 3 aliphatic heterocycles. The summed E-state index contributed by atoms with van der Waals surface area (Å²) >= 11 is 0. The zero-order valence-corrected chi connectivity index (χ0v) is 18.4. The first-order valence-electron chi connectivity index (χ1n) is 11.0. The number of allylic oxidation sites excluding steroid dienone is 1. The number of ether oxygens (including phenoxy) is 4. The Balaban J connectivity index is 1.41. The molecule has 0 aromatic heterocycles. The van der Waals surface area contributed by atoms with Gasteiger partial charge in [-0.1, -0.05) is 11.6 Å². The number of rotatable bonds is 7. The Labute approximate surface area is 174 Å². The number of carbonyl (C=O) groups is 1. The molecule has 3 heterocycles. The van der Waals surface area contributed by atoms with Gasteiger partial charge in [-0.15, -0.1) is 0 Å². The molecule has 4 rings (SSSR count). The van der Waals surface area contributed by atoms with Crippen LogP contribution >= 0.6 is 0 Å². The molecule has 1 aliphatic carbocycles. The highest BCUT2D eigenvalue weighted by atomic mass is 16.6. The van der Waals surface area contributed by atoms with E-state index in [4.69, 9.17) is 18.9 Å². The SMILES string of the molecule is CCNC(=O)OC1CN([C@@H]2CC[C@]3(CO3)[C@@H]([C@@]3(C)O[C@@H]3CC=C(C)C)[C@@H]2OC)C1. The molecule has 1 spiro atoms. The van der Waals surface area contributed by atoms with Gasteiger partial charge in [0.1, 0.15) is 11.7 Å². The Kier molecular flexibility index (Phi) is 5.70. The van der Waals surface area contributed by atoms with E-state index in [1.54, 1.807) is 0 Å². The second-order valence-corrected chi connectivity index (χ2v) is 9.46. The molecule has 29 heavy (non-hydrogen) atoms. The third-order valence-electron chi connectivity index (χ3n) is 7.20. The van der Waals surface area contributed by atoms with Crippen LogP contribution in [0.25, 0.3) is 0 Å². The minimum absolute atomic E-state index is 0.0382. The normalized spacial score (nSPS) is 41.6. The van der Waals surface area contributed by atoms with E-state index in [1.807, 2.05) is 14.0 Å². The van der Waals surface area contributed by atoms with Gasteiger partial charge in [-0.2, -0.15) is 0 Å². The standard InChI is InChI=1S/C22H36N2O5/c1-6-23-20(25)28-15-11-24(12-15)16-9-10-22(13-27-22)19(18(16)26-5)21(4)17(29-21)8-7-14(2)3/h7,15-19H,6,8-13H2,1-5H3,(H,23,25)/t16-,17-,18-,19-,21+,22+/m1/s1. The molecule has 0 unspecified atom stereocenters. The molecule has 4 fully saturated rings. The van der Waals surface area contributed by atoms with Crippen molar-refractivity contribution in [2.24, 2.45) is 5.92 Å². The maximum absolute atomic E-state index is 11.7. The molecule has 4 aliphatic rings. The molecule has 3 saturated heterocycles. The number of alkyl carbamates (subject to hydrolysis) is 1. The largest absolute Gasteiger partial charge is 0.444 e. The number of epoxide rings is 2. The van der Waals surface area contributed by atoms with Gasteiger partial charge in [0.2, 0.25) is 0 Å². The summed E-state index contributed by atoms with van der Waals surface area (Å²) in [5.74, 6) is 0.220. The Bertz CT molecular complexity index is 654. The van der Waals surface area contributed by atoms with Gasteiger partial charge in [-0.05, 0) is 47.0 Å². The topological polar surface area (TPSA) is 75.9 Å². The van der Waals surface area contributed by atoms with Crippen molar-refractivity contribution in [3.8, 4) is 0 Å². The fraction of sp³-hybridized carbons (Fsp3) is 0.864. The predicted octanol–water partition coefficient (Wildman–Crippen LogP) is 2.49. The average Bonchev–Trinajstić information content (AvgIpc) is 3.54. The number of amides is 1. The summed E-state index contributed by atoms with van der Waals surface area (Å²) in [6.07, 6.45) is 5.20. The van der Waals surface area contributed by atoms with Crippen molar-refractivity contribution in [1.29, 1.82) is 0 Å². The van der Waals surface area contributed by atoms with Crippen molar-refractivity contribution in [2.45, 2.75) is 82.5 Å². The highest BCUT2D eigenvalue weighted by Crippen LogP contribution is 2.60. The number of nitrogens with zero attached hydrogens (tertiary/aromatic N) is 1. The first-order valence-corrected chi connectivity index (χ1v) is 11.0. The van der Waals surface area contributed by atoms with Crippen molar-refractivity contribution in [3.05, 3.63) is 11.6 Å². The summed E-state index contributed by atoms with van der Waals surface area (Å²) in [4.78, 5) is 14.1. The summed E-state index contributed by atoms with van der Waals surface area (Å²) in [5.41, 5.74) is 1.03. The third-order valence-corrected chi connectivity index (χ3v) is 7.20. The van der Waals surface area contributed by atoms with E-state index in [1.165, 1.54) is 5.57 Å².